The molecule has 1 saturated heterocycles. The molecule has 0 aliphatic carbocycles. The van der Waals surface area contributed by atoms with Gasteiger partial charge in [0.05, 0.1) is 32.5 Å². The third-order valence-corrected chi connectivity index (χ3v) is 6.01. The largest absolute Gasteiger partial charge is 0.507 e. The predicted octanol–water partition coefficient (Wildman–Crippen LogP) is 2.60. The number of phenols is 1. The van der Waals surface area contributed by atoms with Crippen LogP contribution in [0.25, 0.3) is 0 Å². The number of hydrazone groups is 1. The molecule has 1 amide bonds. The Bertz CT molecular complexity index is 1010. The van der Waals surface area contributed by atoms with Crippen LogP contribution in [0, 0.1) is 20.8 Å². The van der Waals surface area contributed by atoms with Crippen LogP contribution in [0.15, 0.2) is 29.4 Å². The summed E-state index contributed by atoms with van der Waals surface area (Å²) in [6, 6.07) is 7.76. The molecular formula is C25H34N4O4. The molecule has 0 aromatic heterocycles. The Balaban J connectivity index is 1.47. The summed E-state index contributed by atoms with van der Waals surface area (Å²) in [4.78, 5) is 16.8. The number of phenolic OH excluding ortho intramolecular Hbond substituents is 1. The summed E-state index contributed by atoms with van der Waals surface area (Å²) in [6.07, 6.45) is 1.40. The molecule has 3 rings (SSSR count). The maximum absolute atomic E-state index is 12.3. The number of hydrogen-bond donors (Lipinski definition) is 2. The topological polar surface area (TPSA) is 86.6 Å². The lowest BCUT2D eigenvalue weighted by Gasteiger charge is -2.34. The number of methoxy groups -OCH3 is 2. The van der Waals surface area contributed by atoms with E-state index >= 15 is 0 Å². The quantitative estimate of drug-likeness (QED) is 0.471. The molecule has 0 radical (unpaired) electrons. The second-order valence-electron chi connectivity index (χ2n) is 8.49. The minimum absolute atomic E-state index is 0.0577. The number of nitrogens with zero attached hydrogens (tertiary/aromatic N) is 3. The molecule has 0 bridgehead atoms. The van der Waals surface area contributed by atoms with Crippen LogP contribution in [0.3, 0.4) is 0 Å². The number of carbonyl (C=O) groups is 1. The van der Waals surface area contributed by atoms with Crippen LogP contribution in [0.1, 0.15) is 27.8 Å². The standard InChI is InChI=1S/C25H34N4O4/c1-17-10-22(30)21(24(11-17)33-5)14-26-27-25(31)16-29-8-6-28(7-9-29)15-20-12-18(2)19(3)23(13-20)32-4/h10-14,30H,6-9,15-16H2,1-5H3,(H,27,31)/b26-14+. The van der Waals surface area contributed by atoms with Crippen LogP contribution < -0.4 is 14.9 Å². The second kappa shape index (κ2) is 11.2. The predicted molar refractivity (Wildman–Crippen MR) is 129 cm³/mol. The molecule has 2 N–H and O–H groups in total. The molecule has 1 aliphatic heterocycles. The van der Waals surface area contributed by atoms with Crippen LogP contribution >= 0.6 is 0 Å². The van der Waals surface area contributed by atoms with E-state index < -0.39 is 0 Å². The molecule has 2 aromatic rings. The van der Waals surface area contributed by atoms with Gasteiger partial charge in [-0.1, -0.05) is 6.07 Å². The lowest BCUT2D eigenvalue weighted by Crippen LogP contribution is -2.48. The van der Waals surface area contributed by atoms with E-state index in [0.717, 1.165) is 44.0 Å². The van der Waals surface area contributed by atoms with Crippen LogP contribution in [0.2, 0.25) is 0 Å². The SMILES string of the molecule is COc1cc(CN2CCN(CC(=O)N/N=C/c3c(O)cc(C)cc3OC)CC2)cc(C)c1C. The zero-order chi connectivity index (χ0) is 24.0. The maximum Gasteiger partial charge on any atom is 0.254 e. The molecule has 1 fully saturated rings. The molecule has 0 spiro atoms. The summed E-state index contributed by atoms with van der Waals surface area (Å²) in [7, 11) is 3.24. The van der Waals surface area contributed by atoms with Gasteiger partial charge in [-0.15, -0.1) is 0 Å². The molecule has 1 aliphatic rings. The highest BCUT2D eigenvalue weighted by Crippen LogP contribution is 2.27. The van der Waals surface area contributed by atoms with Crippen molar-refractivity contribution in [1.82, 2.24) is 15.2 Å². The van der Waals surface area contributed by atoms with Crippen LogP contribution in [0.4, 0.5) is 0 Å². The van der Waals surface area contributed by atoms with Crippen molar-refractivity contribution in [3.05, 3.63) is 52.1 Å². The first-order chi connectivity index (χ1) is 15.8. The van der Waals surface area contributed by atoms with Gasteiger partial charge in [-0.25, -0.2) is 5.43 Å². The summed E-state index contributed by atoms with van der Waals surface area (Å²) in [5, 5.41) is 14.1. The van der Waals surface area contributed by atoms with Crippen molar-refractivity contribution in [2.75, 3.05) is 46.9 Å². The molecule has 0 saturated carbocycles. The number of amides is 1. The van der Waals surface area contributed by atoms with Gasteiger partial charge in [0.2, 0.25) is 0 Å². The van der Waals surface area contributed by atoms with E-state index in [1.54, 1.807) is 19.2 Å². The first kappa shape index (κ1) is 24.5. The first-order valence-corrected chi connectivity index (χ1v) is 11.1. The van der Waals surface area contributed by atoms with Gasteiger partial charge in [-0.2, -0.15) is 5.10 Å². The Kier molecular flexibility index (Phi) is 8.30. The summed E-state index contributed by atoms with van der Waals surface area (Å²) in [5.41, 5.74) is 7.50. The van der Waals surface area contributed by atoms with Crippen LogP contribution in [0.5, 0.6) is 17.2 Å². The van der Waals surface area contributed by atoms with Gasteiger partial charge in [0.1, 0.15) is 17.2 Å². The highest BCUT2D eigenvalue weighted by molar-refractivity contribution is 5.88. The van der Waals surface area contributed by atoms with Crippen molar-refractivity contribution in [3.8, 4) is 17.2 Å². The molecule has 8 nitrogen and oxygen atoms in total. The number of hydrogen-bond acceptors (Lipinski definition) is 7. The van der Waals surface area contributed by atoms with Crippen molar-refractivity contribution in [3.63, 3.8) is 0 Å². The zero-order valence-electron chi connectivity index (χ0n) is 20.1. The fourth-order valence-corrected chi connectivity index (χ4v) is 4.02. The highest BCUT2D eigenvalue weighted by atomic mass is 16.5. The van der Waals surface area contributed by atoms with Crippen molar-refractivity contribution in [1.29, 1.82) is 0 Å². The van der Waals surface area contributed by atoms with E-state index in [2.05, 4.69) is 46.3 Å². The number of aromatic hydroxyl groups is 1. The summed E-state index contributed by atoms with van der Waals surface area (Å²) >= 11 is 0. The van der Waals surface area contributed by atoms with E-state index in [0.29, 0.717) is 11.3 Å². The number of rotatable bonds is 8. The Morgan fingerprint density at radius 2 is 1.70 bits per heavy atom. The smallest absolute Gasteiger partial charge is 0.254 e. The van der Waals surface area contributed by atoms with E-state index in [1.807, 2.05) is 6.92 Å². The van der Waals surface area contributed by atoms with E-state index in [9.17, 15) is 9.90 Å². The van der Waals surface area contributed by atoms with E-state index in [1.165, 1.54) is 30.0 Å². The van der Waals surface area contributed by atoms with Crippen LogP contribution in [-0.2, 0) is 11.3 Å². The van der Waals surface area contributed by atoms with Crippen molar-refractivity contribution in [2.45, 2.75) is 27.3 Å². The fourth-order valence-electron chi connectivity index (χ4n) is 4.02. The van der Waals surface area contributed by atoms with Gasteiger partial charge < -0.3 is 14.6 Å². The average Bonchev–Trinajstić information content (AvgIpc) is 2.78. The number of carbonyl (C=O) groups excluding carboxylic acids is 1. The summed E-state index contributed by atoms with van der Waals surface area (Å²) in [6.45, 7) is 10.6. The van der Waals surface area contributed by atoms with Crippen LogP contribution in [-0.4, -0.2) is 74.0 Å². The molecule has 178 valence electrons. The zero-order valence-corrected chi connectivity index (χ0v) is 20.1. The van der Waals surface area contributed by atoms with E-state index in [-0.39, 0.29) is 18.2 Å². The third-order valence-electron chi connectivity index (χ3n) is 6.01. The van der Waals surface area contributed by atoms with Gasteiger partial charge in [-0.05, 0) is 61.2 Å². The molecule has 8 heteroatoms. The normalized spacial score (nSPS) is 15.1. The first-order valence-electron chi connectivity index (χ1n) is 11.1. The Morgan fingerprint density at radius 3 is 2.36 bits per heavy atom. The lowest BCUT2D eigenvalue weighted by atomic mass is 10.0. The van der Waals surface area contributed by atoms with Crippen molar-refractivity contribution >= 4 is 12.1 Å². The summed E-state index contributed by atoms with van der Waals surface area (Å²) < 4.78 is 10.8. The Hall–Kier alpha value is -3.10. The van der Waals surface area contributed by atoms with Crippen molar-refractivity contribution in [2.24, 2.45) is 5.10 Å². The average molecular weight is 455 g/mol. The monoisotopic (exact) mass is 454 g/mol. The van der Waals surface area contributed by atoms with Gasteiger partial charge in [0, 0.05) is 32.7 Å². The molecule has 0 atom stereocenters. The third kappa shape index (κ3) is 6.46. The Morgan fingerprint density at radius 1 is 1.03 bits per heavy atom. The minimum Gasteiger partial charge on any atom is -0.507 e. The summed E-state index contributed by atoms with van der Waals surface area (Å²) in [5.74, 6) is 1.30. The molecular weight excluding hydrogens is 420 g/mol. The number of nitrogens with one attached hydrogen (secondary N) is 1. The molecule has 1 heterocycles. The minimum atomic E-state index is -0.191. The van der Waals surface area contributed by atoms with Gasteiger partial charge in [0.15, 0.2) is 0 Å². The molecule has 2 aromatic carbocycles. The maximum atomic E-state index is 12.3. The highest BCUT2D eigenvalue weighted by Gasteiger charge is 2.19. The van der Waals surface area contributed by atoms with E-state index in [4.69, 9.17) is 9.47 Å². The van der Waals surface area contributed by atoms with Gasteiger partial charge in [0.25, 0.3) is 5.91 Å². The van der Waals surface area contributed by atoms with Crippen molar-refractivity contribution < 1.29 is 19.4 Å². The second-order valence-corrected chi connectivity index (χ2v) is 8.49. The molecule has 0 unspecified atom stereocenters. The Labute approximate surface area is 195 Å². The molecule has 33 heavy (non-hydrogen) atoms. The van der Waals surface area contributed by atoms with Gasteiger partial charge in [-0.3, -0.25) is 14.6 Å². The number of benzene rings is 2. The van der Waals surface area contributed by atoms with Gasteiger partial charge >= 0.3 is 0 Å². The lowest BCUT2D eigenvalue weighted by molar-refractivity contribution is -0.122. The number of aryl methyl sites for hydroxylation is 2. The fraction of sp³-hybridized carbons (Fsp3) is 0.440. The number of piperazine rings is 1. The number of ether oxygens (including phenoxy) is 2.